The molecule has 2 saturated heterocycles. The number of carbonyl (C=O) groups excluding carboxylic acids is 5. The summed E-state index contributed by atoms with van der Waals surface area (Å²) >= 11 is 1.56. The molecule has 400 valence electrons. The molecule has 5 amide bonds. The van der Waals surface area contributed by atoms with E-state index in [1.165, 1.54) is 22.2 Å². The van der Waals surface area contributed by atoms with E-state index in [0.717, 1.165) is 21.7 Å². The van der Waals surface area contributed by atoms with Crippen molar-refractivity contribution in [2.75, 3.05) is 74.1 Å². The van der Waals surface area contributed by atoms with Crippen LogP contribution in [0.5, 0.6) is 11.6 Å². The number of piperazine rings is 1. The number of pyridine rings is 1. The Labute approximate surface area is 443 Å². The fraction of sp³-hybridized carbons (Fsp3) is 0.442. The molecule has 23 nitrogen and oxygen atoms in total. The van der Waals surface area contributed by atoms with Crippen molar-refractivity contribution >= 4 is 64.2 Å². The second kappa shape index (κ2) is 22.6. The van der Waals surface area contributed by atoms with E-state index in [9.17, 15) is 29.1 Å². The third-order valence-electron chi connectivity index (χ3n) is 13.2. The first-order valence-electron chi connectivity index (χ1n) is 25.1. The molecule has 0 saturated carbocycles. The molecular formula is C52H62N14O9S. The van der Waals surface area contributed by atoms with Gasteiger partial charge in [0.05, 0.1) is 77.9 Å². The van der Waals surface area contributed by atoms with Crippen LogP contribution in [0.1, 0.15) is 65.3 Å². The minimum absolute atomic E-state index is 0.0543. The van der Waals surface area contributed by atoms with Crippen LogP contribution in [-0.4, -0.2) is 162 Å². The lowest BCUT2D eigenvalue weighted by Crippen LogP contribution is -2.58. The summed E-state index contributed by atoms with van der Waals surface area (Å²) in [5.74, 6) is -0.274. The number of nitrogens with one attached hydrogen (secondary N) is 3. The molecule has 0 bridgehead atoms. The fourth-order valence-corrected chi connectivity index (χ4v) is 10.0. The number of nitrogens with zero attached hydrogens (tertiary/aromatic N) is 11. The van der Waals surface area contributed by atoms with Crippen molar-refractivity contribution in [2.45, 2.75) is 85.2 Å². The van der Waals surface area contributed by atoms with Crippen LogP contribution in [0.25, 0.3) is 27.3 Å². The molecule has 5 aromatic heterocycles. The molecule has 1 aromatic carbocycles. The number of likely N-dealkylation sites (tertiary alicyclic amines) is 1. The Bertz CT molecular complexity index is 3080. The predicted molar refractivity (Wildman–Crippen MR) is 282 cm³/mol. The molecule has 4 N–H and O–H groups in total. The summed E-state index contributed by atoms with van der Waals surface area (Å²) in [6, 6.07) is 7.32. The average molecular weight is 1060 g/mol. The van der Waals surface area contributed by atoms with Gasteiger partial charge in [-0.05, 0) is 50.3 Å². The number of fused-ring (bicyclic) bond motifs is 2. The van der Waals surface area contributed by atoms with Gasteiger partial charge in [0.25, 0.3) is 5.91 Å². The summed E-state index contributed by atoms with van der Waals surface area (Å²) < 4.78 is 18.6. The third-order valence-corrected chi connectivity index (χ3v) is 14.2. The molecule has 2 fully saturated rings. The normalized spacial score (nSPS) is 17.7. The molecule has 3 aliphatic heterocycles. The van der Waals surface area contributed by atoms with Crippen LogP contribution in [0.15, 0.2) is 73.0 Å². The number of benzene rings is 1. The van der Waals surface area contributed by atoms with E-state index in [-0.39, 0.29) is 43.3 Å². The van der Waals surface area contributed by atoms with Gasteiger partial charge in [-0.25, -0.2) is 29.7 Å². The van der Waals surface area contributed by atoms with Crippen molar-refractivity contribution in [3.63, 3.8) is 0 Å². The van der Waals surface area contributed by atoms with Gasteiger partial charge in [0.1, 0.15) is 24.4 Å². The summed E-state index contributed by atoms with van der Waals surface area (Å²) in [5, 5.41) is 19.4. The molecule has 0 unspecified atom stereocenters. The molecule has 9 rings (SSSR count). The zero-order valence-electron chi connectivity index (χ0n) is 43.4. The van der Waals surface area contributed by atoms with Crippen LogP contribution in [-0.2, 0) is 23.9 Å². The number of amides is 5. The number of hydrogen-bond donors (Lipinski definition) is 4. The number of aryl methyl sites for hydroxylation is 1. The monoisotopic (exact) mass is 1060 g/mol. The lowest BCUT2D eigenvalue weighted by molar-refractivity contribution is -0.144. The lowest BCUT2D eigenvalue weighted by Gasteiger charge is -2.35. The van der Waals surface area contributed by atoms with Gasteiger partial charge in [0, 0.05) is 57.1 Å². The molecule has 76 heavy (non-hydrogen) atoms. The van der Waals surface area contributed by atoms with Gasteiger partial charge in [-0.3, -0.25) is 34.0 Å². The number of hydrogen-bond acceptors (Lipinski definition) is 18. The van der Waals surface area contributed by atoms with Gasteiger partial charge in [-0.15, -0.1) is 11.3 Å². The predicted octanol–water partition coefficient (Wildman–Crippen LogP) is 4.27. The first kappa shape index (κ1) is 53.0. The summed E-state index contributed by atoms with van der Waals surface area (Å²) in [4.78, 5) is 102. The van der Waals surface area contributed by atoms with E-state index in [1.54, 1.807) is 60.4 Å². The van der Waals surface area contributed by atoms with Crippen molar-refractivity contribution in [1.82, 2.24) is 54.7 Å². The van der Waals surface area contributed by atoms with Gasteiger partial charge in [0.2, 0.25) is 29.5 Å². The number of imidazole rings is 1. The van der Waals surface area contributed by atoms with E-state index in [4.69, 9.17) is 14.2 Å². The van der Waals surface area contributed by atoms with Crippen LogP contribution in [0.4, 0.5) is 22.2 Å². The van der Waals surface area contributed by atoms with Crippen molar-refractivity contribution in [1.29, 1.82) is 0 Å². The van der Waals surface area contributed by atoms with E-state index in [0.29, 0.717) is 79.6 Å². The second-order valence-electron chi connectivity index (χ2n) is 20.3. The number of ether oxygens (including phenoxy) is 3. The van der Waals surface area contributed by atoms with E-state index in [2.05, 4.69) is 45.9 Å². The number of aliphatic hydroxyl groups is 1. The molecule has 0 aliphatic carbocycles. The molecule has 0 spiro atoms. The van der Waals surface area contributed by atoms with Crippen molar-refractivity contribution < 1.29 is 43.3 Å². The SMILES string of the molecule is Cc1ncsc1-c1ccc([C@H](C)NC(=O)[C@@H]2C[C@@H](O)CN2C(=O)[C@@H](NC(=O)COc2cnc(N3CCN(CC(=O)Nc4cn5cc(-c6cnc7c(c6)N(C(=O)OC(C)C)CCO7)ncc5n4)CC3)nc2)C(C)(C)C)cc1. The number of anilines is 3. The fourth-order valence-electron chi connectivity index (χ4n) is 9.21. The highest BCUT2D eigenvalue weighted by Gasteiger charge is 2.45. The summed E-state index contributed by atoms with van der Waals surface area (Å²) in [5.41, 5.74) is 6.14. The van der Waals surface area contributed by atoms with Gasteiger partial charge >= 0.3 is 6.09 Å². The Morgan fingerprint density at radius 3 is 2.33 bits per heavy atom. The highest BCUT2D eigenvalue weighted by molar-refractivity contribution is 7.13. The van der Waals surface area contributed by atoms with E-state index >= 15 is 0 Å². The maximum atomic E-state index is 14.2. The minimum Gasteiger partial charge on any atom is -0.481 e. The van der Waals surface area contributed by atoms with Crippen LogP contribution >= 0.6 is 11.3 Å². The Morgan fingerprint density at radius 2 is 1.63 bits per heavy atom. The van der Waals surface area contributed by atoms with Gasteiger partial charge in [0.15, 0.2) is 23.8 Å². The Balaban J connectivity index is 0.725. The number of rotatable bonds is 15. The van der Waals surface area contributed by atoms with Crippen molar-refractivity contribution in [3.8, 4) is 33.3 Å². The standard InChI is InChI=1S/C52H62N14O9S/c1-30(2)75-51(72)65-16-17-73-48-40(65)18-35(20-54-48)38-25-64-26-41(59-42(64)23-53-38)60-43(68)27-62-12-14-63(15-13-62)50-55-21-37(22-56-50)74-28-44(69)61-46(52(5,6)7)49(71)66-24-36(67)19-39(66)47(70)58-31(3)33-8-10-34(11-9-33)45-32(4)57-29-76-45/h8-11,18,20-23,25-26,29-31,36,39,46,67H,12-17,19,24,27-28H2,1-7H3,(H,58,70)(H,60,68)(H,61,69)/t31-,36+,39-,46+/m0/s1. The molecular weight excluding hydrogens is 997 g/mol. The minimum atomic E-state index is -1.04. The number of β-amino-alcohol motifs (C(OH)–C–C–N with tert-alkyl or cyclic N) is 1. The quantitative estimate of drug-likeness (QED) is 0.112. The summed E-state index contributed by atoms with van der Waals surface area (Å²) in [6.07, 6.45) is 8.01. The Kier molecular flexibility index (Phi) is 15.7. The Morgan fingerprint density at radius 1 is 0.882 bits per heavy atom. The topological polar surface area (TPSA) is 264 Å². The largest absolute Gasteiger partial charge is 0.481 e. The first-order chi connectivity index (χ1) is 36.4. The number of thiazole rings is 1. The molecule has 6 aromatic rings. The summed E-state index contributed by atoms with van der Waals surface area (Å²) in [6.45, 7) is 15.4. The van der Waals surface area contributed by atoms with Crippen LogP contribution in [0, 0.1) is 12.3 Å². The van der Waals surface area contributed by atoms with E-state index < -0.39 is 54.0 Å². The second-order valence-corrected chi connectivity index (χ2v) is 21.2. The molecule has 8 heterocycles. The maximum Gasteiger partial charge on any atom is 0.414 e. The first-order valence-corrected chi connectivity index (χ1v) is 26.0. The van der Waals surface area contributed by atoms with Crippen molar-refractivity contribution in [3.05, 3.63) is 84.3 Å². The van der Waals surface area contributed by atoms with Gasteiger partial charge < -0.3 is 49.5 Å². The Hall–Kier alpha value is -7.83. The van der Waals surface area contributed by atoms with Gasteiger partial charge in [-0.2, -0.15) is 0 Å². The number of carbonyl (C=O) groups is 5. The zero-order chi connectivity index (χ0) is 53.8. The number of aliphatic hydroxyl groups excluding tert-OH is 1. The van der Waals surface area contributed by atoms with Crippen LogP contribution in [0.3, 0.4) is 0 Å². The smallest absolute Gasteiger partial charge is 0.414 e. The zero-order valence-corrected chi connectivity index (χ0v) is 44.2. The van der Waals surface area contributed by atoms with Crippen molar-refractivity contribution in [2.24, 2.45) is 5.41 Å². The molecule has 3 aliphatic rings. The highest BCUT2D eigenvalue weighted by Crippen LogP contribution is 2.34. The van der Waals surface area contributed by atoms with Crippen LogP contribution < -0.4 is 35.2 Å². The highest BCUT2D eigenvalue weighted by atomic mass is 32.1. The van der Waals surface area contributed by atoms with E-state index in [1.807, 2.05) is 74.2 Å². The molecule has 24 heteroatoms. The average Bonchev–Trinajstić information content (AvgIpc) is 4.14. The number of aromatic nitrogens is 7. The van der Waals surface area contributed by atoms with Gasteiger partial charge in [-0.1, -0.05) is 45.0 Å². The summed E-state index contributed by atoms with van der Waals surface area (Å²) in [7, 11) is 0. The molecule has 0 radical (unpaired) electrons. The van der Waals surface area contributed by atoms with Crippen LogP contribution in [0.2, 0.25) is 0 Å². The third kappa shape index (κ3) is 12.3. The maximum absolute atomic E-state index is 14.2. The lowest BCUT2D eigenvalue weighted by atomic mass is 9.85. The molecule has 4 atom stereocenters.